The molecule has 0 fully saturated rings. The zero-order valence-corrected chi connectivity index (χ0v) is 17.3. The van der Waals surface area contributed by atoms with E-state index in [0.717, 1.165) is 32.5 Å². The van der Waals surface area contributed by atoms with E-state index in [1.54, 1.807) is 7.11 Å². The molecule has 5 nitrogen and oxygen atoms in total. The Hall–Kier alpha value is -2.38. The van der Waals surface area contributed by atoms with Crippen LogP contribution in [0.4, 0.5) is 5.69 Å². The zero-order valence-electron chi connectivity index (χ0n) is 15.7. The molecule has 3 aromatic rings. The van der Waals surface area contributed by atoms with E-state index < -0.39 is 0 Å². The molecule has 0 bridgehead atoms. The van der Waals surface area contributed by atoms with Gasteiger partial charge in [-0.05, 0) is 67.7 Å². The van der Waals surface area contributed by atoms with Crippen LogP contribution in [0.5, 0.6) is 5.75 Å². The molecule has 0 saturated heterocycles. The van der Waals surface area contributed by atoms with Gasteiger partial charge < -0.3 is 10.1 Å². The lowest BCUT2D eigenvalue weighted by atomic mass is 10.1. The Morgan fingerprint density at radius 1 is 1.15 bits per heavy atom. The van der Waals surface area contributed by atoms with E-state index in [-0.39, 0.29) is 5.91 Å². The van der Waals surface area contributed by atoms with Crippen molar-refractivity contribution in [1.29, 1.82) is 0 Å². The summed E-state index contributed by atoms with van der Waals surface area (Å²) >= 11 is 2.70. The van der Waals surface area contributed by atoms with Gasteiger partial charge in [-0.15, -0.1) is 0 Å². The minimum Gasteiger partial charge on any atom is -0.497 e. The summed E-state index contributed by atoms with van der Waals surface area (Å²) in [4.78, 5) is 16.8. The first-order valence-electron chi connectivity index (χ1n) is 8.45. The number of hydrogen-bond donors (Lipinski definition) is 1. The van der Waals surface area contributed by atoms with Crippen LogP contribution in [0.15, 0.2) is 40.7 Å². The summed E-state index contributed by atoms with van der Waals surface area (Å²) in [6.07, 6.45) is 0. The number of aryl methyl sites for hydroxylation is 3. The molecule has 140 valence electrons. The highest BCUT2D eigenvalue weighted by Crippen LogP contribution is 2.27. The summed E-state index contributed by atoms with van der Waals surface area (Å²) in [6.45, 7) is 6.07. The highest BCUT2D eigenvalue weighted by molar-refractivity contribution is 8.01. The lowest BCUT2D eigenvalue weighted by Gasteiger charge is -2.12. The smallest absolute Gasteiger partial charge is 0.234 e. The number of rotatable bonds is 6. The predicted octanol–water partition coefficient (Wildman–Crippen LogP) is 4.87. The largest absolute Gasteiger partial charge is 0.497 e. The number of amides is 1. The summed E-state index contributed by atoms with van der Waals surface area (Å²) in [5.74, 6) is 1.71. The molecule has 0 saturated carbocycles. The van der Waals surface area contributed by atoms with Gasteiger partial charge in [0.25, 0.3) is 0 Å². The number of ether oxygens (including phenoxy) is 1. The van der Waals surface area contributed by atoms with Crippen molar-refractivity contribution in [2.24, 2.45) is 0 Å². The molecule has 3 rings (SSSR count). The fraction of sp³-hybridized carbons (Fsp3) is 0.250. The number of carbonyl (C=O) groups is 1. The van der Waals surface area contributed by atoms with Gasteiger partial charge in [0.15, 0.2) is 10.2 Å². The van der Waals surface area contributed by atoms with Crippen LogP contribution in [-0.2, 0) is 4.79 Å². The lowest BCUT2D eigenvalue weighted by molar-refractivity contribution is -0.113. The highest BCUT2D eigenvalue weighted by Gasteiger charge is 2.12. The van der Waals surface area contributed by atoms with Gasteiger partial charge in [-0.1, -0.05) is 29.5 Å². The quantitative estimate of drug-likeness (QED) is 0.599. The van der Waals surface area contributed by atoms with Crippen LogP contribution in [0.25, 0.3) is 11.4 Å². The van der Waals surface area contributed by atoms with E-state index in [0.29, 0.717) is 11.6 Å². The fourth-order valence-corrected chi connectivity index (χ4v) is 4.22. The Kier molecular flexibility index (Phi) is 6.13. The molecule has 0 aliphatic heterocycles. The molecule has 0 spiro atoms. The topological polar surface area (TPSA) is 64.1 Å². The zero-order chi connectivity index (χ0) is 19.4. The van der Waals surface area contributed by atoms with Gasteiger partial charge in [-0.2, -0.15) is 4.37 Å². The van der Waals surface area contributed by atoms with E-state index in [1.807, 2.05) is 38.1 Å². The third kappa shape index (κ3) is 4.87. The summed E-state index contributed by atoms with van der Waals surface area (Å²) < 4.78 is 10.3. The van der Waals surface area contributed by atoms with Crippen LogP contribution in [0.1, 0.15) is 16.7 Å². The Morgan fingerprint density at radius 2 is 1.81 bits per heavy atom. The van der Waals surface area contributed by atoms with Crippen LogP contribution in [0.2, 0.25) is 0 Å². The number of benzene rings is 2. The molecule has 0 aliphatic carbocycles. The lowest BCUT2D eigenvalue weighted by Crippen LogP contribution is -2.15. The molecule has 1 N–H and O–H groups in total. The van der Waals surface area contributed by atoms with Gasteiger partial charge >= 0.3 is 0 Å². The number of anilines is 1. The number of nitrogens with zero attached hydrogens (tertiary/aromatic N) is 2. The van der Waals surface area contributed by atoms with Gasteiger partial charge in [-0.3, -0.25) is 4.79 Å². The van der Waals surface area contributed by atoms with Crippen LogP contribution < -0.4 is 10.1 Å². The number of nitrogens with one attached hydrogen (secondary N) is 1. The number of methoxy groups -OCH3 is 1. The maximum atomic E-state index is 12.3. The van der Waals surface area contributed by atoms with E-state index >= 15 is 0 Å². The van der Waals surface area contributed by atoms with E-state index in [9.17, 15) is 4.79 Å². The standard InChI is InChI=1S/C20H21N3O2S2/c1-12-9-13(2)18(14(3)10-12)21-17(24)11-26-20-22-19(23-27-20)15-5-7-16(25-4)8-6-15/h5-10H,11H2,1-4H3,(H,21,24). The summed E-state index contributed by atoms with van der Waals surface area (Å²) in [5.41, 5.74) is 5.15. The molecule has 0 unspecified atom stereocenters. The normalized spacial score (nSPS) is 10.7. The van der Waals surface area contributed by atoms with Gasteiger partial charge in [0.05, 0.1) is 12.9 Å². The molecule has 1 amide bonds. The first kappa shape index (κ1) is 19.4. The van der Waals surface area contributed by atoms with Crippen molar-refractivity contribution >= 4 is 34.9 Å². The van der Waals surface area contributed by atoms with Gasteiger partial charge in [0.2, 0.25) is 5.91 Å². The van der Waals surface area contributed by atoms with Crippen molar-refractivity contribution in [3.8, 4) is 17.1 Å². The summed E-state index contributed by atoms with van der Waals surface area (Å²) in [6, 6.07) is 11.7. The van der Waals surface area contributed by atoms with Crippen molar-refractivity contribution in [2.75, 3.05) is 18.2 Å². The SMILES string of the molecule is COc1ccc(-c2nsc(SCC(=O)Nc3c(C)cc(C)cc3C)n2)cc1. The minimum atomic E-state index is -0.0451. The third-order valence-corrected chi connectivity index (χ3v) is 5.86. The van der Waals surface area contributed by atoms with Crippen LogP contribution >= 0.6 is 23.3 Å². The average Bonchev–Trinajstić information content (AvgIpc) is 3.12. The number of hydrogen-bond acceptors (Lipinski definition) is 6. The second kappa shape index (κ2) is 8.54. The van der Waals surface area contributed by atoms with Crippen molar-refractivity contribution in [1.82, 2.24) is 9.36 Å². The molecular formula is C20H21N3O2S2. The Bertz CT molecular complexity index is 929. The molecule has 2 aromatic carbocycles. The van der Waals surface area contributed by atoms with Crippen molar-refractivity contribution in [3.63, 3.8) is 0 Å². The van der Waals surface area contributed by atoms with Gasteiger partial charge in [-0.25, -0.2) is 4.98 Å². The van der Waals surface area contributed by atoms with Crippen molar-refractivity contribution in [2.45, 2.75) is 25.1 Å². The summed E-state index contributed by atoms with van der Waals surface area (Å²) in [7, 11) is 1.63. The molecule has 1 heterocycles. The maximum Gasteiger partial charge on any atom is 0.234 e. The van der Waals surface area contributed by atoms with Gasteiger partial charge in [0, 0.05) is 11.3 Å². The Labute approximate surface area is 167 Å². The molecule has 1 aromatic heterocycles. The number of aromatic nitrogens is 2. The molecular weight excluding hydrogens is 378 g/mol. The van der Waals surface area contributed by atoms with E-state index in [2.05, 4.69) is 33.7 Å². The monoisotopic (exact) mass is 399 g/mol. The Balaban J connectivity index is 1.60. The number of thioether (sulfide) groups is 1. The minimum absolute atomic E-state index is 0.0451. The second-order valence-corrected chi connectivity index (χ2v) is 8.20. The molecule has 27 heavy (non-hydrogen) atoms. The first-order chi connectivity index (χ1) is 13.0. The average molecular weight is 400 g/mol. The van der Waals surface area contributed by atoms with E-state index in [1.165, 1.54) is 28.9 Å². The third-order valence-electron chi connectivity index (χ3n) is 4.02. The Morgan fingerprint density at radius 3 is 2.44 bits per heavy atom. The van der Waals surface area contributed by atoms with Crippen LogP contribution in [0.3, 0.4) is 0 Å². The van der Waals surface area contributed by atoms with Crippen LogP contribution in [0, 0.1) is 20.8 Å². The summed E-state index contributed by atoms with van der Waals surface area (Å²) in [5, 5.41) is 3.01. The van der Waals surface area contributed by atoms with Crippen LogP contribution in [-0.4, -0.2) is 28.1 Å². The molecule has 0 aliphatic rings. The van der Waals surface area contributed by atoms with Crippen molar-refractivity contribution in [3.05, 3.63) is 53.1 Å². The molecule has 0 radical (unpaired) electrons. The predicted molar refractivity (Wildman–Crippen MR) is 112 cm³/mol. The highest BCUT2D eigenvalue weighted by atomic mass is 32.2. The first-order valence-corrected chi connectivity index (χ1v) is 10.2. The van der Waals surface area contributed by atoms with Crippen molar-refractivity contribution < 1.29 is 9.53 Å². The second-order valence-electron chi connectivity index (χ2n) is 6.22. The fourth-order valence-electron chi connectivity index (χ4n) is 2.81. The van der Waals surface area contributed by atoms with E-state index in [4.69, 9.17) is 4.74 Å². The number of carbonyl (C=O) groups excluding carboxylic acids is 1. The maximum absolute atomic E-state index is 12.3. The molecule has 0 atom stereocenters. The van der Waals surface area contributed by atoms with Gasteiger partial charge in [0.1, 0.15) is 5.75 Å². The molecule has 7 heteroatoms.